The minimum atomic E-state index is -1.75. The van der Waals surface area contributed by atoms with Crippen molar-refractivity contribution in [3.8, 4) is 5.75 Å². The van der Waals surface area contributed by atoms with Gasteiger partial charge in [0, 0.05) is 29.4 Å². The Morgan fingerprint density at radius 1 is 0.625 bits per heavy atom. The SMILES string of the molecule is CC=C1[C@H](O[C@@H]2O[C@H](CO)[C@@H](O)[C@H](O)[C@H]2O)OC=C(C(=O)OC)[C@H]1CC(=O)OCCc1ccc(OC(=O)C[C@@H]2C(C(=O)OC)=CO[C@@H](O[C@@H]3O[C@H](CO)[C@@H](O)[C@H](O)[C@H]3O)/C2=C/C)cc1. The zero-order chi connectivity index (χ0) is 46.8. The standard InChI is InChI=1S/C42H54O22/c1-5-21-23(25(37(53)55-3)17-58-39(21)63-41-35(51)33(49)31(47)27(15-43)61-41)13-29(45)57-12-11-19-7-9-20(10-8-19)60-30(46)14-24-22(6-2)40(59-18-26(24)38(54)56-4)64-42-36(52)34(50)32(48)28(16-44)62-42/h5-10,17-18,23-24,27-28,31-36,39-44,47-52H,11-16H2,1-4H3/b21-5?,22-6+/t23-,24-,27+,28+,31+,32+,33-,34-,35+,36+,39-,40-,41-,42-/m0/s1. The molecule has 1 aromatic rings. The van der Waals surface area contributed by atoms with E-state index in [1.165, 1.54) is 24.3 Å². The van der Waals surface area contributed by atoms with Gasteiger partial charge in [0.1, 0.15) is 54.6 Å². The van der Waals surface area contributed by atoms with E-state index in [2.05, 4.69) is 0 Å². The summed E-state index contributed by atoms with van der Waals surface area (Å²) >= 11 is 0. The summed E-state index contributed by atoms with van der Waals surface area (Å²) in [7, 11) is 2.28. The lowest BCUT2D eigenvalue weighted by Crippen LogP contribution is -2.60. The topological polar surface area (TPSA) is 322 Å². The Morgan fingerprint density at radius 3 is 1.47 bits per heavy atom. The second-order valence-electron chi connectivity index (χ2n) is 14.9. The Morgan fingerprint density at radius 2 is 1.06 bits per heavy atom. The van der Waals surface area contributed by atoms with E-state index >= 15 is 0 Å². The number of hydrogen-bond donors (Lipinski definition) is 8. The largest absolute Gasteiger partial charge is 0.468 e. The van der Waals surface area contributed by atoms with Gasteiger partial charge in [-0.1, -0.05) is 24.3 Å². The van der Waals surface area contributed by atoms with Crippen LogP contribution in [0.3, 0.4) is 0 Å². The molecule has 0 amide bonds. The minimum Gasteiger partial charge on any atom is -0.468 e. The Kier molecular flexibility index (Phi) is 17.9. The molecule has 2 fully saturated rings. The van der Waals surface area contributed by atoms with Gasteiger partial charge in [0.15, 0.2) is 12.6 Å². The summed E-state index contributed by atoms with van der Waals surface area (Å²) in [6.45, 7) is 1.68. The molecule has 4 aliphatic rings. The molecule has 0 saturated carbocycles. The van der Waals surface area contributed by atoms with Crippen LogP contribution in [0.4, 0.5) is 0 Å². The molecule has 22 heteroatoms. The van der Waals surface area contributed by atoms with Gasteiger partial charge in [-0.25, -0.2) is 9.59 Å². The van der Waals surface area contributed by atoms with Gasteiger partial charge in [-0.05, 0) is 31.5 Å². The van der Waals surface area contributed by atoms with E-state index in [4.69, 9.17) is 47.4 Å². The zero-order valence-corrected chi connectivity index (χ0v) is 35.2. The Balaban J connectivity index is 1.17. The summed E-state index contributed by atoms with van der Waals surface area (Å²) in [5.74, 6) is -4.95. The van der Waals surface area contributed by atoms with Gasteiger partial charge in [-0.2, -0.15) is 0 Å². The van der Waals surface area contributed by atoms with Crippen molar-refractivity contribution in [3.63, 3.8) is 0 Å². The fourth-order valence-electron chi connectivity index (χ4n) is 7.42. The van der Waals surface area contributed by atoms with Crippen LogP contribution in [0.2, 0.25) is 0 Å². The number of allylic oxidation sites excluding steroid dienone is 2. The third-order valence-electron chi connectivity index (χ3n) is 11.0. The number of benzene rings is 1. The maximum atomic E-state index is 13.3. The molecular weight excluding hydrogens is 856 g/mol. The number of rotatable bonds is 16. The molecule has 0 aliphatic carbocycles. The van der Waals surface area contributed by atoms with Crippen LogP contribution < -0.4 is 4.74 Å². The molecule has 22 nitrogen and oxygen atoms in total. The van der Waals surface area contributed by atoms with Gasteiger partial charge in [0.05, 0.1) is 70.6 Å². The first-order valence-electron chi connectivity index (χ1n) is 20.2. The van der Waals surface area contributed by atoms with Crippen molar-refractivity contribution in [1.29, 1.82) is 0 Å². The van der Waals surface area contributed by atoms with Crippen molar-refractivity contribution < 1.29 is 107 Å². The summed E-state index contributed by atoms with van der Waals surface area (Å²) in [5, 5.41) is 80.8. The minimum absolute atomic E-state index is 0.0381. The summed E-state index contributed by atoms with van der Waals surface area (Å²) in [6, 6.07) is 6.26. The lowest BCUT2D eigenvalue weighted by atomic mass is 9.86. The Hall–Kier alpha value is -4.82. The second kappa shape index (κ2) is 22.9. The number of esters is 4. The first-order chi connectivity index (χ1) is 30.6. The summed E-state index contributed by atoms with van der Waals surface area (Å²) in [5.41, 5.74) is 1.08. The molecule has 0 aromatic heterocycles. The first kappa shape index (κ1) is 50.2. The van der Waals surface area contributed by atoms with Crippen LogP contribution in [0.15, 0.2) is 71.2 Å². The van der Waals surface area contributed by atoms with Gasteiger partial charge >= 0.3 is 23.9 Å². The highest BCUT2D eigenvalue weighted by Crippen LogP contribution is 2.38. The molecule has 0 unspecified atom stereocenters. The number of methoxy groups -OCH3 is 2. The maximum Gasteiger partial charge on any atom is 0.337 e. The summed E-state index contributed by atoms with van der Waals surface area (Å²) in [6.07, 6.45) is -14.0. The number of carbonyl (C=O) groups excluding carboxylic acids is 4. The number of aliphatic hydroxyl groups is 8. The van der Waals surface area contributed by atoms with Crippen molar-refractivity contribution in [2.24, 2.45) is 11.8 Å². The number of aliphatic hydroxyl groups excluding tert-OH is 8. The molecular formula is C42H54O22. The fraction of sp³-hybridized carbons (Fsp3) is 0.571. The van der Waals surface area contributed by atoms with Crippen molar-refractivity contribution in [2.75, 3.05) is 34.0 Å². The third-order valence-corrected chi connectivity index (χ3v) is 11.0. The quantitative estimate of drug-likeness (QED) is 0.0386. The van der Waals surface area contributed by atoms with Crippen LogP contribution >= 0.6 is 0 Å². The molecule has 354 valence electrons. The smallest absolute Gasteiger partial charge is 0.337 e. The van der Waals surface area contributed by atoms with Gasteiger partial charge in [-0.15, -0.1) is 0 Å². The molecule has 4 aliphatic heterocycles. The molecule has 1 aromatic carbocycles. The molecule has 64 heavy (non-hydrogen) atoms. The zero-order valence-electron chi connectivity index (χ0n) is 35.2. The normalized spacial score (nSPS) is 34.1. The van der Waals surface area contributed by atoms with E-state index in [-0.39, 0.29) is 47.5 Å². The van der Waals surface area contributed by atoms with E-state index in [1.54, 1.807) is 26.0 Å². The van der Waals surface area contributed by atoms with Gasteiger partial charge in [0.2, 0.25) is 12.6 Å². The summed E-state index contributed by atoms with van der Waals surface area (Å²) < 4.78 is 54.4. The number of ether oxygens (including phenoxy) is 10. The highest BCUT2D eigenvalue weighted by Gasteiger charge is 2.48. The van der Waals surface area contributed by atoms with Crippen LogP contribution in [0.5, 0.6) is 5.75 Å². The molecule has 0 bridgehead atoms. The average Bonchev–Trinajstić information content (AvgIpc) is 3.29. The Labute approximate surface area is 366 Å². The highest BCUT2D eigenvalue weighted by atomic mass is 16.8. The van der Waals surface area contributed by atoms with Crippen molar-refractivity contribution in [3.05, 3.63) is 76.8 Å². The number of carbonyl (C=O) groups is 4. The molecule has 0 radical (unpaired) electrons. The molecule has 5 rings (SSSR count). The second-order valence-corrected chi connectivity index (χ2v) is 14.9. The Bertz CT molecular complexity index is 1910. The van der Waals surface area contributed by atoms with E-state index in [9.17, 15) is 60.0 Å². The molecule has 4 heterocycles. The van der Waals surface area contributed by atoms with Crippen molar-refractivity contribution in [2.45, 2.75) is 107 Å². The maximum absolute atomic E-state index is 13.3. The van der Waals surface area contributed by atoms with Crippen LogP contribution in [-0.2, 0) is 68.2 Å². The molecule has 2 saturated heterocycles. The summed E-state index contributed by atoms with van der Waals surface area (Å²) in [4.78, 5) is 51.9. The monoisotopic (exact) mass is 910 g/mol. The lowest BCUT2D eigenvalue weighted by Gasteiger charge is -2.41. The molecule has 8 N–H and O–H groups in total. The third kappa shape index (κ3) is 11.5. The predicted octanol–water partition coefficient (Wildman–Crippen LogP) is -1.96. The van der Waals surface area contributed by atoms with Crippen molar-refractivity contribution >= 4 is 23.9 Å². The van der Waals surface area contributed by atoms with Gasteiger partial charge in [-0.3, -0.25) is 9.59 Å². The number of hydrogen-bond acceptors (Lipinski definition) is 22. The van der Waals surface area contributed by atoms with E-state index in [0.717, 1.165) is 26.7 Å². The van der Waals surface area contributed by atoms with E-state index < -0.39 is 129 Å². The van der Waals surface area contributed by atoms with Gasteiger partial charge < -0.3 is 88.2 Å². The van der Waals surface area contributed by atoms with Crippen LogP contribution in [0.25, 0.3) is 0 Å². The average molecular weight is 911 g/mol. The van der Waals surface area contributed by atoms with E-state index in [0.29, 0.717) is 5.56 Å². The molecule has 14 atom stereocenters. The van der Waals surface area contributed by atoms with Crippen molar-refractivity contribution in [1.82, 2.24) is 0 Å². The predicted molar refractivity (Wildman–Crippen MR) is 210 cm³/mol. The fourth-order valence-corrected chi connectivity index (χ4v) is 7.42. The molecule has 0 spiro atoms. The first-order valence-corrected chi connectivity index (χ1v) is 20.2. The van der Waals surface area contributed by atoms with Crippen LogP contribution in [0.1, 0.15) is 32.3 Å². The van der Waals surface area contributed by atoms with Gasteiger partial charge in [0.25, 0.3) is 0 Å². The van der Waals surface area contributed by atoms with Crippen LogP contribution in [-0.4, -0.2) is 173 Å². The van der Waals surface area contributed by atoms with Crippen LogP contribution in [0, 0.1) is 11.8 Å². The highest BCUT2D eigenvalue weighted by molar-refractivity contribution is 5.91. The van der Waals surface area contributed by atoms with E-state index in [1.807, 2.05) is 0 Å². The lowest BCUT2D eigenvalue weighted by molar-refractivity contribution is -0.327.